The van der Waals surface area contributed by atoms with Gasteiger partial charge >= 0.3 is 0 Å². The average Bonchev–Trinajstić information content (AvgIpc) is 2.34. The Balaban J connectivity index is 2.38. The molecule has 84 valence electrons. The fourth-order valence-electron chi connectivity index (χ4n) is 1.14. The van der Waals surface area contributed by atoms with Crippen molar-refractivity contribution < 1.29 is 4.74 Å². The highest BCUT2D eigenvalue weighted by atomic mass is 35.5. The third kappa shape index (κ3) is 2.64. The third-order valence-corrected chi connectivity index (χ3v) is 2.45. The van der Waals surface area contributed by atoms with E-state index in [4.69, 9.17) is 33.2 Å². The number of hydrogen-bond donors (Lipinski definition) is 0. The molecule has 4 nitrogen and oxygen atoms in total. The minimum absolute atomic E-state index is 0.0965. The highest BCUT2D eigenvalue weighted by Gasteiger charge is 2.09. The van der Waals surface area contributed by atoms with Crippen molar-refractivity contribution in [1.82, 2.24) is 10.2 Å². The number of aromatic nitrogens is 2. The Morgan fingerprint density at radius 1 is 1.24 bits per heavy atom. The average molecular weight is 266 g/mol. The molecule has 0 N–H and O–H groups in total. The van der Waals surface area contributed by atoms with E-state index < -0.39 is 0 Å². The molecule has 0 atom stereocenters. The summed E-state index contributed by atoms with van der Waals surface area (Å²) in [4.78, 5) is 0. The Bertz CT molecular complexity index is 596. The van der Waals surface area contributed by atoms with Crippen LogP contribution in [-0.2, 0) is 0 Å². The lowest BCUT2D eigenvalue weighted by Crippen LogP contribution is -1.94. The number of ether oxygens (including phenoxy) is 1. The molecular formula is C11H5Cl2N3O. The predicted octanol–water partition coefficient (Wildman–Crippen LogP) is 3.45. The maximum absolute atomic E-state index is 8.86. The van der Waals surface area contributed by atoms with Gasteiger partial charge in [-0.2, -0.15) is 10.4 Å². The van der Waals surface area contributed by atoms with Gasteiger partial charge in [0.2, 0.25) is 0 Å². The fourth-order valence-corrected chi connectivity index (χ4v) is 1.46. The fraction of sp³-hybridized carbons (Fsp3) is 0. The highest BCUT2D eigenvalue weighted by Crippen LogP contribution is 2.31. The largest absolute Gasteiger partial charge is 0.435 e. The number of nitriles is 1. The number of hydrogen-bond acceptors (Lipinski definition) is 4. The molecule has 6 heteroatoms. The van der Waals surface area contributed by atoms with Gasteiger partial charge in [-0.3, -0.25) is 0 Å². The van der Waals surface area contributed by atoms with Crippen LogP contribution in [0.25, 0.3) is 0 Å². The first kappa shape index (κ1) is 11.6. The molecule has 17 heavy (non-hydrogen) atoms. The Morgan fingerprint density at radius 3 is 2.82 bits per heavy atom. The number of halogens is 2. The lowest BCUT2D eigenvalue weighted by Gasteiger charge is -2.06. The maximum atomic E-state index is 8.86. The molecule has 0 aliphatic rings. The van der Waals surface area contributed by atoms with Crippen molar-refractivity contribution in [1.29, 1.82) is 5.26 Å². The van der Waals surface area contributed by atoms with Gasteiger partial charge in [-0.15, -0.1) is 5.10 Å². The lowest BCUT2D eigenvalue weighted by atomic mass is 10.3. The molecule has 0 fully saturated rings. The normalized spacial score (nSPS) is 9.71. The molecule has 0 spiro atoms. The van der Waals surface area contributed by atoms with Crippen molar-refractivity contribution in [2.45, 2.75) is 0 Å². The van der Waals surface area contributed by atoms with Crippen LogP contribution >= 0.6 is 23.2 Å². The van der Waals surface area contributed by atoms with Crippen LogP contribution in [0, 0.1) is 11.3 Å². The molecule has 0 saturated heterocycles. The summed E-state index contributed by atoms with van der Waals surface area (Å²) in [5.41, 5.74) is 0.274. The van der Waals surface area contributed by atoms with E-state index >= 15 is 0 Å². The van der Waals surface area contributed by atoms with Crippen LogP contribution in [0.1, 0.15) is 5.56 Å². The Morgan fingerprint density at radius 2 is 2.06 bits per heavy atom. The summed E-state index contributed by atoms with van der Waals surface area (Å²) in [6.07, 6.45) is 1.41. The van der Waals surface area contributed by atoms with E-state index in [0.29, 0.717) is 15.8 Å². The van der Waals surface area contributed by atoms with Gasteiger partial charge in [0, 0.05) is 11.1 Å². The zero-order chi connectivity index (χ0) is 12.3. The SMILES string of the molecule is N#Cc1ccnnc1Oc1cc(Cl)ccc1Cl. The molecule has 1 aromatic carbocycles. The van der Waals surface area contributed by atoms with E-state index in [9.17, 15) is 0 Å². The molecule has 0 radical (unpaired) electrons. The highest BCUT2D eigenvalue weighted by molar-refractivity contribution is 6.34. The first-order valence-electron chi connectivity index (χ1n) is 4.55. The van der Waals surface area contributed by atoms with Crippen molar-refractivity contribution in [2.75, 3.05) is 0 Å². The van der Waals surface area contributed by atoms with Crippen LogP contribution in [0.3, 0.4) is 0 Å². The molecule has 2 rings (SSSR count). The van der Waals surface area contributed by atoms with E-state index in [2.05, 4.69) is 10.2 Å². The number of rotatable bonds is 2. The van der Waals surface area contributed by atoms with E-state index in [0.717, 1.165) is 0 Å². The standard InChI is InChI=1S/C11H5Cl2N3O/c12-8-1-2-9(13)10(5-8)17-11-7(6-14)3-4-15-16-11/h1-5H. The summed E-state index contributed by atoms with van der Waals surface area (Å²) >= 11 is 11.7. The minimum Gasteiger partial charge on any atom is -0.435 e. The monoisotopic (exact) mass is 265 g/mol. The topological polar surface area (TPSA) is 58.8 Å². The summed E-state index contributed by atoms with van der Waals surface area (Å²) in [5.74, 6) is 0.426. The van der Waals surface area contributed by atoms with Crippen molar-refractivity contribution >= 4 is 23.2 Å². The van der Waals surface area contributed by atoms with E-state index in [1.54, 1.807) is 18.2 Å². The van der Waals surface area contributed by atoms with Gasteiger partial charge < -0.3 is 4.74 Å². The summed E-state index contributed by atoms with van der Waals surface area (Å²) in [6.45, 7) is 0. The molecule has 0 aliphatic carbocycles. The zero-order valence-corrected chi connectivity index (χ0v) is 9.90. The van der Waals surface area contributed by atoms with Crippen molar-refractivity contribution in [3.05, 3.63) is 46.1 Å². The first-order chi connectivity index (χ1) is 8.20. The quantitative estimate of drug-likeness (QED) is 0.835. The van der Waals surface area contributed by atoms with Gasteiger partial charge in [-0.25, -0.2) is 0 Å². The van der Waals surface area contributed by atoms with Gasteiger partial charge in [-0.05, 0) is 18.2 Å². The van der Waals surface area contributed by atoms with Gasteiger partial charge in [0.25, 0.3) is 5.88 Å². The Labute approximate surface area is 107 Å². The number of nitrogens with zero attached hydrogens (tertiary/aromatic N) is 3. The molecule has 0 amide bonds. The second-order valence-corrected chi connectivity index (χ2v) is 3.88. The van der Waals surface area contributed by atoms with Gasteiger partial charge in [0.1, 0.15) is 17.4 Å². The Hall–Kier alpha value is -1.83. The molecule has 1 aromatic heterocycles. The van der Waals surface area contributed by atoms with E-state index in [1.165, 1.54) is 12.3 Å². The van der Waals surface area contributed by atoms with Crippen LogP contribution < -0.4 is 4.74 Å². The summed E-state index contributed by atoms with van der Waals surface area (Å²) in [6, 6.07) is 8.22. The first-order valence-corrected chi connectivity index (χ1v) is 5.31. The Kier molecular flexibility index (Phi) is 3.43. The zero-order valence-electron chi connectivity index (χ0n) is 8.39. The van der Waals surface area contributed by atoms with E-state index in [1.807, 2.05) is 6.07 Å². The second-order valence-electron chi connectivity index (χ2n) is 3.04. The number of benzene rings is 1. The summed E-state index contributed by atoms with van der Waals surface area (Å²) in [7, 11) is 0. The van der Waals surface area contributed by atoms with Crippen LogP contribution in [-0.4, -0.2) is 10.2 Å². The summed E-state index contributed by atoms with van der Waals surface area (Å²) < 4.78 is 5.40. The van der Waals surface area contributed by atoms with Crippen molar-refractivity contribution in [3.8, 4) is 17.7 Å². The van der Waals surface area contributed by atoms with E-state index in [-0.39, 0.29) is 11.4 Å². The molecule has 0 bridgehead atoms. The third-order valence-electron chi connectivity index (χ3n) is 1.91. The molecular weight excluding hydrogens is 261 g/mol. The van der Waals surface area contributed by atoms with Gasteiger partial charge in [0.15, 0.2) is 0 Å². The summed E-state index contributed by atoms with van der Waals surface area (Å²) in [5, 5.41) is 17.1. The molecule has 2 aromatic rings. The van der Waals surface area contributed by atoms with Crippen LogP contribution in [0.2, 0.25) is 10.0 Å². The smallest absolute Gasteiger partial charge is 0.257 e. The van der Waals surface area contributed by atoms with Crippen LogP contribution in [0.15, 0.2) is 30.5 Å². The molecule has 1 heterocycles. The van der Waals surface area contributed by atoms with Crippen LogP contribution in [0.5, 0.6) is 11.6 Å². The molecule has 0 unspecified atom stereocenters. The van der Waals surface area contributed by atoms with Crippen molar-refractivity contribution in [3.63, 3.8) is 0 Å². The lowest BCUT2D eigenvalue weighted by molar-refractivity contribution is 0.453. The second kappa shape index (κ2) is 5.00. The van der Waals surface area contributed by atoms with Gasteiger partial charge in [-0.1, -0.05) is 23.2 Å². The molecule has 0 aliphatic heterocycles. The van der Waals surface area contributed by atoms with Gasteiger partial charge in [0.05, 0.1) is 11.2 Å². The maximum Gasteiger partial charge on any atom is 0.257 e. The minimum atomic E-state index is 0.0965. The van der Waals surface area contributed by atoms with Crippen molar-refractivity contribution in [2.24, 2.45) is 0 Å². The van der Waals surface area contributed by atoms with Crippen LogP contribution in [0.4, 0.5) is 0 Å². The predicted molar refractivity (Wildman–Crippen MR) is 63.3 cm³/mol. The molecule has 0 saturated carbocycles.